The van der Waals surface area contributed by atoms with Gasteiger partial charge in [-0.1, -0.05) is 24.3 Å². The van der Waals surface area contributed by atoms with Crippen molar-refractivity contribution in [2.75, 3.05) is 19.5 Å². The van der Waals surface area contributed by atoms with Gasteiger partial charge in [0.15, 0.2) is 0 Å². The van der Waals surface area contributed by atoms with Crippen molar-refractivity contribution in [2.24, 2.45) is 0 Å². The number of hydrogen-bond acceptors (Lipinski definition) is 6. The highest BCUT2D eigenvalue weighted by Crippen LogP contribution is 2.27. The third kappa shape index (κ3) is 4.56. The minimum absolute atomic E-state index is 0.233. The van der Waals surface area contributed by atoms with E-state index >= 15 is 0 Å². The third-order valence-electron chi connectivity index (χ3n) is 4.13. The van der Waals surface area contributed by atoms with Crippen molar-refractivity contribution < 1.29 is 14.3 Å². The Balaban J connectivity index is 1.65. The fraction of sp³-hybridized carbons (Fsp3) is 0.190. The molecule has 0 unspecified atom stereocenters. The highest BCUT2D eigenvalue weighted by atomic mass is 16.5. The van der Waals surface area contributed by atoms with Crippen LogP contribution in [0.15, 0.2) is 54.9 Å². The van der Waals surface area contributed by atoms with Gasteiger partial charge < -0.3 is 20.1 Å². The number of hydrogen-bond donors (Lipinski definition) is 2. The number of carbonyl (C=O) groups is 1. The number of aryl methyl sites for hydroxylation is 1. The van der Waals surface area contributed by atoms with Gasteiger partial charge in [-0.25, -0.2) is 9.97 Å². The van der Waals surface area contributed by atoms with Crippen molar-refractivity contribution in [3.05, 3.63) is 71.7 Å². The largest absolute Gasteiger partial charge is 0.496 e. The molecule has 0 aliphatic heterocycles. The zero-order chi connectivity index (χ0) is 19.9. The monoisotopic (exact) mass is 378 g/mol. The van der Waals surface area contributed by atoms with Gasteiger partial charge in [0.25, 0.3) is 5.91 Å². The maximum absolute atomic E-state index is 12.3. The van der Waals surface area contributed by atoms with E-state index in [9.17, 15) is 4.79 Å². The summed E-state index contributed by atoms with van der Waals surface area (Å²) in [7, 11) is 3.21. The topological polar surface area (TPSA) is 85.4 Å². The van der Waals surface area contributed by atoms with Crippen molar-refractivity contribution in [2.45, 2.75) is 13.5 Å². The van der Waals surface area contributed by atoms with E-state index in [0.717, 1.165) is 22.6 Å². The number of para-hydroxylation sites is 1. The lowest BCUT2D eigenvalue weighted by atomic mass is 10.2. The van der Waals surface area contributed by atoms with Crippen molar-refractivity contribution >= 4 is 17.4 Å². The van der Waals surface area contributed by atoms with Crippen LogP contribution in [0.3, 0.4) is 0 Å². The molecule has 7 heteroatoms. The summed E-state index contributed by atoms with van der Waals surface area (Å²) in [6.07, 6.45) is 2.95. The summed E-state index contributed by atoms with van der Waals surface area (Å²) in [5.41, 5.74) is 2.99. The summed E-state index contributed by atoms with van der Waals surface area (Å²) in [5.74, 6) is 1.63. The van der Waals surface area contributed by atoms with Crippen LogP contribution in [0.5, 0.6) is 11.5 Å². The zero-order valence-electron chi connectivity index (χ0n) is 16.0. The Hall–Kier alpha value is -3.61. The van der Waals surface area contributed by atoms with Gasteiger partial charge in [0.2, 0.25) is 0 Å². The van der Waals surface area contributed by atoms with Gasteiger partial charge in [-0.15, -0.1) is 0 Å². The van der Waals surface area contributed by atoms with Gasteiger partial charge in [-0.3, -0.25) is 4.79 Å². The number of nitrogens with zero attached hydrogens (tertiary/aromatic N) is 2. The molecule has 1 heterocycles. The summed E-state index contributed by atoms with van der Waals surface area (Å²) in [4.78, 5) is 20.8. The molecule has 0 radical (unpaired) electrons. The smallest absolute Gasteiger partial charge is 0.271 e. The van der Waals surface area contributed by atoms with Gasteiger partial charge in [-0.2, -0.15) is 0 Å². The first kappa shape index (κ1) is 19.2. The number of methoxy groups -OCH3 is 2. The van der Waals surface area contributed by atoms with Crippen molar-refractivity contribution in [1.29, 1.82) is 0 Å². The molecular formula is C21H22N4O3. The standard InChI is InChI=1S/C21H22N4O3/c1-14-8-9-19(28-3)16(10-14)25-20-13-22-17(12-23-20)21(26)24-11-15-6-4-5-7-18(15)27-2/h4-10,12-13H,11H2,1-3H3,(H,23,25)(H,24,26). The lowest BCUT2D eigenvalue weighted by molar-refractivity contribution is 0.0945. The van der Waals surface area contributed by atoms with Crippen LogP contribution in [0.4, 0.5) is 11.5 Å². The summed E-state index contributed by atoms with van der Waals surface area (Å²) < 4.78 is 10.6. The average Bonchev–Trinajstić information content (AvgIpc) is 2.73. The first-order valence-corrected chi connectivity index (χ1v) is 8.74. The quantitative estimate of drug-likeness (QED) is 0.655. The molecule has 2 aromatic carbocycles. The molecular weight excluding hydrogens is 356 g/mol. The first-order valence-electron chi connectivity index (χ1n) is 8.74. The van der Waals surface area contributed by atoms with Crippen LogP contribution in [0.25, 0.3) is 0 Å². The fourth-order valence-corrected chi connectivity index (χ4v) is 2.68. The lowest BCUT2D eigenvalue weighted by Crippen LogP contribution is -2.24. The Morgan fingerprint density at radius 3 is 2.50 bits per heavy atom. The van der Waals surface area contributed by atoms with E-state index in [1.807, 2.05) is 49.4 Å². The molecule has 0 aliphatic carbocycles. The summed E-state index contributed by atoms with van der Waals surface area (Å²) in [5, 5.41) is 5.98. The maximum Gasteiger partial charge on any atom is 0.271 e. The van der Waals surface area contributed by atoms with Gasteiger partial charge in [0.05, 0.1) is 32.3 Å². The van der Waals surface area contributed by atoms with Crippen LogP contribution in [0.2, 0.25) is 0 Å². The molecule has 1 aromatic heterocycles. The molecule has 0 saturated carbocycles. The predicted octanol–water partition coefficient (Wildman–Crippen LogP) is 3.48. The van der Waals surface area contributed by atoms with Gasteiger partial charge >= 0.3 is 0 Å². The Morgan fingerprint density at radius 1 is 1.00 bits per heavy atom. The maximum atomic E-state index is 12.3. The first-order chi connectivity index (χ1) is 13.6. The van der Waals surface area contributed by atoms with E-state index in [1.54, 1.807) is 14.2 Å². The summed E-state index contributed by atoms with van der Waals surface area (Å²) in [6.45, 7) is 2.33. The number of aromatic nitrogens is 2. The van der Waals surface area contributed by atoms with Crippen molar-refractivity contribution in [1.82, 2.24) is 15.3 Å². The van der Waals surface area contributed by atoms with E-state index in [0.29, 0.717) is 18.1 Å². The Morgan fingerprint density at radius 2 is 1.79 bits per heavy atom. The summed E-state index contributed by atoms with van der Waals surface area (Å²) >= 11 is 0. The normalized spacial score (nSPS) is 10.2. The lowest BCUT2D eigenvalue weighted by Gasteiger charge is -2.12. The molecule has 3 rings (SSSR count). The van der Waals surface area contributed by atoms with E-state index < -0.39 is 0 Å². The molecule has 0 atom stereocenters. The number of benzene rings is 2. The van der Waals surface area contributed by atoms with Crippen LogP contribution in [0, 0.1) is 6.92 Å². The van der Waals surface area contributed by atoms with Crippen molar-refractivity contribution in [3.63, 3.8) is 0 Å². The molecule has 2 N–H and O–H groups in total. The number of amides is 1. The fourth-order valence-electron chi connectivity index (χ4n) is 2.68. The molecule has 1 amide bonds. The second kappa shape index (κ2) is 8.85. The highest BCUT2D eigenvalue weighted by Gasteiger charge is 2.10. The minimum Gasteiger partial charge on any atom is -0.496 e. The predicted molar refractivity (Wildman–Crippen MR) is 107 cm³/mol. The number of anilines is 2. The molecule has 144 valence electrons. The van der Waals surface area contributed by atoms with E-state index in [-0.39, 0.29) is 11.6 Å². The Kier molecular flexibility index (Phi) is 6.06. The molecule has 7 nitrogen and oxygen atoms in total. The summed E-state index contributed by atoms with van der Waals surface area (Å²) in [6, 6.07) is 13.3. The number of nitrogens with one attached hydrogen (secondary N) is 2. The van der Waals surface area contributed by atoms with Crippen LogP contribution < -0.4 is 20.1 Å². The van der Waals surface area contributed by atoms with Gasteiger partial charge in [0.1, 0.15) is 23.0 Å². The molecule has 3 aromatic rings. The second-order valence-electron chi connectivity index (χ2n) is 6.11. The average molecular weight is 378 g/mol. The van der Waals surface area contributed by atoms with Gasteiger partial charge in [-0.05, 0) is 30.7 Å². The Labute approximate surface area is 163 Å². The minimum atomic E-state index is -0.307. The molecule has 28 heavy (non-hydrogen) atoms. The SMILES string of the molecule is COc1ccccc1CNC(=O)c1cnc(Nc2cc(C)ccc2OC)cn1. The molecule has 0 aliphatic rings. The van der Waals surface area contributed by atoms with Crippen LogP contribution in [-0.2, 0) is 6.54 Å². The second-order valence-corrected chi connectivity index (χ2v) is 6.11. The van der Waals surface area contributed by atoms with Crippen molar-refractivity contribution in [3.8, 4) is 11.5 Å². The Bertz CT molecular complexity index is 958. The third-order valence-corrected chi connectivity index (χ3v) is 4.13. The van der Waals surface area contributed by atoms with E-state index in [4.69, 9.17) is 9.47 Å². The highest BCUT2D eigenvalue weighted by molar-refractivity contribution is 5.92. The van der Waals surface area contributed by atoms with Gasteiger partial charge in [0, 0.05) is 12.1 Å². The van der Waals surface area contributed by atoms with E-state index in [2.05, 4.69) is 20.6 Å². The zero-order valence-corrected chi connectivity index (χ0v) is 16.0. The van der Waals surface area contributed by atoms with E-state index in [1.165, 1.54) is 12.4 Å². The number of ether oxygens (including phenoxy) is 2. The van der Waals surface area contributed by atoms with Crippen LogP contribution in [0.1, 0.15) is 21.6 Å². The molecule has 0 fully saturated rings. The molecule has 0 bridgehead atoms. The number of carbonyl (C=O) groups excluding carboxylic acids is 1. The number of rotatable bonds is 7. The molecule has 0 saturated heterocycles. The van der Waals surface area contributed by atoms with Crippen LogP contribution in [-0.4, -0.2) is 30.1 Å². The molecule has 0 spiro atoms. The van der Waals surface area contributed by atoms with Crippen LogP contribution >= 0.6 is 0 Å².